The number of amides is 3. The highest BCUT2D eigenvalue weighted by Gasteiger charge is 2.22. The standard InChI is InChI=1S/C23H23ClN4O2S/c24-18-5-1-3-16(13-18)21-8-7-20(31-21)15-27-9-11-28(12-10-27)22(29)17-4-2-6-19(14-17)26-23(25)30/h1-8,13-14H,9-12,15H2,(H3,25,26,30). The molecule has 6 nitrogen and oxygen atoms in total. The van der Waals surface area contributed by atoms with Crippen LogP contribution < -0.4 is 11.1 Å². The lowest BCUT2D eigenvalue weighted by Gasteiger charge is -2.34. The van der Waals surface area contributed by atoms with Crippen molar-refractivity contribution in [3.63, 3.8) is 0 Å². The topological polar surface area (TPSA) is 78.7 Å². The van der Waals surface area contributed by atoms with Crippen molar-refractivity contribution >= 4 is 40.6 Å². The highest BCUT2D eigenvalue weighted by Crippen LogP contribution is 2.30. The number of anilines is 1. The first-order valence-electron chi connectivity index (χ1n) is 10.0. The van der Waals surface area contributed by atoms with Gasteiger partial charge in [-0.3, -0.25) is 9.69 Å². The summed E-state index contributed by atoms with van der Waals surface area (Å²) in [6, 6.07) is 18.4. The maximum atomic E-state index is 12.8. The van der Waals surface area contributed by atoms with E-state index in [-0.39, 0.29) is 5.91 Å². The van der Waals surface area contributed by atoms with Crippen molar-refractivity contribution in [3.05, 3.63) is 76.1 Å². The van der Waals surface area contributed by atoms with Crippen molar-refractivity contribution in [1.29, 1.82) is 0 Å². The van der Waals surface area contributed by atoms with Gasteiger partial charge in [0.2, 0.25) is 0 Å². The summed E-state index contributed by atoms with van der Waals surface area (Å²) in [5, 5.41) is 3.25. The molecule has 3 amide bonds. The zero-order chi connectivity index (χ0) is 21.8. The molecule has 0 aliphatic carbocycles. The van der Waals surface area contributed by atoms with Gasteiger partial charge in [0.25, 0.3) is 5.91 Å². The smallest absolute Gasteiger partial charge is 0.316 e. The van der Waals surface area contributed by atoms with Crippen LogP contribution in [0, 0.1) is 0 Å². The molecule has 0 radical (unpaired) electrons. The van der Waals surface area contributed by atoms with Crippen LogP contribution in [0.1, 0.15) is 15.2 Å². The fourth-order valence-electron chi connectivity index (χ4n) is 3.64. The summed E-state index contributed by atoms with van der Waals surface area (Å²) in [6.45, 7) is 3.83. The Kier molecular flexibility index (Phi) is 6.56. The normalized spacial score (nSPS) is 14.4. The molecule has 0 saturated carbocycles. The summed E-state index contributed by atoms with van der Waals surface area (Å²) >= 11 is 7.88. The highest BCUT2D eigenvalue weighted by molar-refractivity contribution is 7.15. The number of nitrogens with two attached hydrogens (primary N) is 1. The van der Waals surface area contributed by atoms with Gasteiger partial charge in [-0.05, 0) is 48.0 Å². The number of nitrogens with zero attached hydrogens (tertiary/aromatic N) is 2. The number of piperazine rings is 1. The number of urea groups is 1. The zero-order valence-corrected chi connectivity index (χ0v) is 18.5. The van der Waals surface area contributed by atoms with E-state index in [0.717, 1.165) is 30.2 Å². The number of hydrogen-bond acceptors (Lipinski definition) is 4. The maximum Gasteiger partial charge on any atom is 0.316 e. The molecule has 3 N–H and O–H groups in total. The molecule has 31 heavy (non-hydrogen) atoms. The van der Waals surface area contributed by atoms with E-state index >= 15 is 0 Å². The predicted octanol–water partition coefficient (Wildman–Crippen LogP) is 4.52. The van der Waals surface area contributed by atoms with E-state index in [2.05, 4.69) is 28.4 Å². The quantitative estimate of drug-likeness (QED) is 0.595. The molecule has 1 aliphatic heterocycles. The van der Waals surface area contributed by atoms with Crippen LogP contribution in [0.25, 0.3) is 10.4 Å². The first-order valence-corrected chi connectivity index (χ1v) is 11.2. The van der Waals surface area contributed by atoms with Crippen LogP contribution in [0.3, 0.4) is 0 Å². The molecule has 0 atom stereocenters. The van der Waals surface area contributed by atoms with Gasteiger partial charge in [-0.25, -0.2) is 4.79 Å². The van der Waals surface area contributed by atoms with Crippen LogP contribution in [-0.2, 0) is 6.54 Å². The Morgan fingerprint density at radius 2 is 1.77 bits per heavy atom. The van der Waals surface area contributed by atoms with Crippen LogP contribution in [0.15, 0.2) is 60.7 Å². The largest absolute Gasteiger partial charge is 0.351 e. The number of nitrogens with one attached hydrogen (secondary N) is 1. The van der Waals surface area contributed by atoms with Gasteiger partial charge in [-0.2, -0.15) is 0 Å². The van der Waals surface area contributed by atoms with Crippen LogP contribution in [0.4, 0.5) is 10.5 Å². The molecule has 1 fully saturated rings. The Balaban J connectivity index is 1.33. The number of carbonyl (C=O) groups is 2. The number of benzene rings is 2. The zero-order valence-electron chi connectivity index (χ0n) is 16.9. The Labute approximate surface area is 190 Å². The first kappa shape index (κ1) is 21.4. The second-order valence-electron chi connectivity index (χ2n) is 7.41. The Morgan fingerprint density at radius 3 is 2.52 bits per heavy atom. The number of hydrogen-bond donors (Lipinski definition) is 2. The summed E-state index contributed by atoms with van der Waals surface area (Å²) in [5.74, 6) is -0.0351. The van der Waals surface area contributed by atoms with Gasteiger partial charge >= 0.3 is 6.03 Å². The molecular weight excluding hydrogens is 432 g/mol. The van der Waals surface area contributed by atoms with Crippen LogP contribution in [-0.4, -0.2) is 47.9 Å². The van der Waals surface area contributed by atoms with E-state index in [9.17, 15) is 9.59 Å². The summed E-state index contributed by atoms with van der Waals surface area (Å²) in [4.78, 5) is 30.6. The minimum Gasteiger partial charge on any atom is -0.351 e. The second-order valence-corrected chi connectivity index (χ2v) is 9.02. The lowest BCUT2D eigenvalue weighted by atomic mass is 10.1. The van der Waals surface area contributed by atoms with Gasteiger partial charge < -0.3 is 16.0 Å². The lowest BCUT2D eigenvalue weighted by Crippen LogP contribution is -2.48. The molecule has 0 bridgehead atoms. The van der Waals surface area contributed by atoms with Crippen molar-refractivity contribution in [2.75, 3.05) is 31.5 Å². The molecule has 0 unspecified atom stereocenters. The van der Waals surface area contributed by atoms with Crippen LogP contribution in [0.2, 0.25) is 5.02 Å². The van der Waals surface area contributed by atoms with Crippen LogP contribution in [0.5, 0.6) is 0 Å². The molecule has 1 saturated heterocycles. The third-order valence-electron chi connectivity index (χ3n) is 5.19. The third-order valence-corrected chi connectivity index (χ3v) is 6.54. The van der Waals surface area contributed by atoms with E-state index in [1.54, 1.807) is 35.6 Å². The minimum atomic E-state index is -0.648. The van der Waals surface area contributed by atoms with Crippen LogP contribution >= 0.6 is 22.9 Å². The highest BCUT2D eigenvalue weighted by atomic mass is 35.5. The molecular formula is C23H23ClN4O2S. The van der Waals surface area contributed by atoms with E-state index in [4.69, 9.17) is 17.3 Å². The molecule has 0 spiro atoms. The van der Waals surface area contributed by atoms with Gasteiger partial charge in [-0.1, -0.05) is 29.8 Å². The molecule has 8 heteroatoms. The monoisotopic (exact) mass is 454 g/mol. The number of primary amides is 1. The molecule has 3 aromatic rings. The van der Waals surface area contributed by atoms with Gasteiger partial charge in [0.15, 0.2) is 0 Å². The number of halogens is 1. The molecule has 4 rings (SSSR count). The molecule has 160 valence electrons. The van der Waals surface area contributed by atoms with E-state index < -0.39 is 6.03 Å². The Hall–Kier alpha value is -2.87. The van der Waals surface area contributed by atoms with Gasteiger partial charge in [0, 0.05) is 58.8 Å². The van der Waals surface area contributed by atoms with Crippen molar-refractivity contribution < 1.29 is 9.59 Å². The summed E-state index contributed by atoms with van der Waals surface area (Å²) in [7, 11) is 0. The number of rotatable bonds is 5. The van der Waals surface area contributed by atoms with Gasteiger partial charge in [0.05, 0.1) is 0 Å². The van der Waals surface area contributed by atoms with E-state index in [0.29, 0.717) is 24.3 Å². The molecule has 2 aromatic carbocycles. The Bertz CT molecular complexity index is 1090. The summed E-state index contributed by atoms with van der Waals surface area (Å²) < 4.78 is 0. The second kappa shape index (κ2) is 9.51. The molecule has 1 aliphatic rings. The van der Waals surface area contributed by atoms with Gasteiger partial charge in [0.1, 0.15) is 0 Å². The van der Waals surface area contributed by atoms with Crippen molar-refractivity contribution in [2.45, 2.75) is 6.54 Å². The summed E-state index contributed by atoms with van der Waals surface area (Å²) in [6.07, 6.45) is 0. The summed E-state index contributed by atoms with van der Waals surface area (Å²) in [5.41, 5.74) is 7.35. The SMILES string of the molecule is NC(=O)Nc1cccc(C(=O)N2CCN(Cc3ccc(-c4cccc(Cl)c4)s3)CC2)c1. The number of thiophene rings is 1. The predicted molar refractivity (Wildman–Crippen MR) is 126 cm³/mol. The van der Waals surface area contributed by atoms with Crippen molar-refractivity contribution in [2.24, 2.45) is 5.73 Å². The minimum absolute atomic E-state index is 0.0351. The van der Waals surface area contributed by atoms with Gasteiger partial charge in [-0.15, -0.1) is 11.3 Å². The maximum absolute atomic E-state index is 12.8. The van der Waals surface area contributed by atoms with Crippen molar-refractivity contribution in [1.82, 2.24) is 9.80 Å². The molecule has 2 heterocycles. The van der Waals surface area contributed by atoms with E-state index in [1.807, 2.05) is 23.1 Å². The average Bonchev–Trinajstić information content (AvgIpc) is 3.22. The lowest BCUT2D eigenvalue weighted by molar-refractivity contribution is 0.0629. The fraction of sp³-hybridized carbons (Fsp3) is 0.217. The average molecular weight is 455 g/mol. The Morgan fingerprint density at radius 1 is 1.00 bits per heavy atom. The van der Waals surface area contributed by atoms with E-state index in [1.165, 1.54) is 9.75 Å². The fourth-order valence-corrected chi connectivity index (χ4v) is 4.88. The third kappa shape index (κ3) is 5.44. The number of carbonyl (C=O) groups excluding carboxylic acids is 2. The van der Waals surface area contributed by atoms with Crippen molar-refractivity contribution in [3.8, 4) is 10.4 Å². The molecule has 1 aromatic heterocycles. The first-order chi connectivity index (χ1) is 15.0.